The molecule has 0 fully saturated rings. The third-order valence-corrected chi connectivity index (χ3v) is 13.7. The summed E-state index contributed by atoms with van der Waals surface area (Å²) in [6.45, 7) is 0. The standard InChI is InChI=1S/C70H46N4/c71-44-48-17-16-24-54(39-48)70-43-66(51-33-31-50(32-34-51)49-18-4-1-5-19-49)67(47-74-70)65-30-15-14-29-64(65)59-41-57(62-27-12-10-25-60(62)55-35-37-68(72-45-55)52-20-6-2-7-21-52)40-58(42-59)63-28-13-11-26-61(63)56-36-38-69(73-46-56)53-22-8-3-9-23-53/h1-43,45-47H. The minimum atomic E-state index is 0.590. The Bertz CT molecular complexity index is 3830. The summed E-state index contributed by atoms with van der Waals surface area (Å²) < 4.78 is 0. The van der Waals surface area contributed by atoms with E-state index in [0.29, 0.717) is 5.56 Å². The third-order valence-electron chi connectivity index (χ3n) is 13.7. The highest BCUT2D eigenvalue weighted by Crippen LogP contribution is 2.44. The zero-order valence-electron chi connectivity index (χ0n) is 40.3. The molecule has 12 aromatic rings. The van der Waals surface area contributed by atoms with Gasteiger partial charge in [0.2, 0.25) is 0 Å². The second-order valence-corrected chi connectivity index (χ2v) is 18.3. The molecule has 0 spiro atoms. The number of rotatable bonds is 11. The monoisotopic (exact) mass is 942 g/mol. The molecule has 0 saturated carbocycles. The van der Waals surface area contributed by atoms with Crippen LogP contribution in [0.25, 0.3) is 123 Å². The van der Waals surface area contributed by atoms with Crippen molar-refractivity contribution in [1.82, 2.24) is 15.0 Å². The minimum absolute atomic E-state index is 0.590. The van der Waals surface area contributed by atoms with E-state index in [9.17, 15) is 5.26 Å². The summed E-state index contributed by atoms with van der Waals surface area (Å²) in [6.07, 6.45) is 5.98. The molecule has 0 aliphatic rings. The maximum Gasteiger partial charge on any atom is 0.0991 e. The molecule has 0 aliphatic heterocycles. The summed E-state index contributed by atoms with van der Waals surface area (Å²) in [7, 11) is 0. The van der Waals surface area contributed by atoms with Gasteiger partial charge >= 0.3 is 0 Å². The van der Waals surface area contributed by atoms with Gasteiger partial charge in [0.05, 0.1) is 28.7 Å². The highest BCUT2D eigenvalue weighted by Gasteiger charge is 2.19. The average molecular weight is 943 g/mol. The predicted molar refractivity (Wildman–Crippen MR) is 304 cm³/mol. The van der Waals surface area contributed by atoms with Crippen molar-refractivity contribution in [2.75, 3.05) is 0 Å². The van der Waals surface area contributed by atoms with Gasteiger partial charge in [0.15, 0.2) is 0 Å². The van der Waals surface area contributed by atoms with Gasteiger partial charge in [-0.1, -0.05) is 212 Å². The molecule has 0 bridgehead atoms. The van der Waals surface area contributed by atoms with E-state index in [1.165, 1.54) is 0 Å². The maximum absolute atomic E-state index is 9.85. The molecule has 0 atom stereocenters. The number of nitriles is 1. The molecule has 74 heavy (non-hydrogen) atoms. The van der Waals surface area contributed by atoms with E-state index in [-0.39, 0.29) is 0 Å². The van der Waals surface area contributed by atoms with E-state index < -0.39 is 0 Å². The summed E-state index contributed by atoms with van der Waals surface area (Å²) >= 11 is 0. The van der Waals surface area contributed by atoms with Crippen LogP contribution in [0, 0.1) is 11.3 Å². The molecular formula is C70H46N4. The molecule has 3 aromatic heterocycles. The fourth-order valence-corrected chi connectivity index (χ4v) is 9.99. The van der Waals surface area contributed by atoms with Gasteiger partial charge in [-0.3, -0.25) is 15.0 Å². The quantitative estimate of drug-likeness (QED) is 0.130. The topological polar surface area (TPSA) is 62.5 Å². The van der Waals surface area contributed by atoms with Crippen LogP contribution in [0.1, 0.15) is 5.56 Å². The molecule has 346 valence electrons. The number of pyridine rings is 3. The van der Waals surface area contributed by atoms with Gasteiger partial charge in [-0.05, 0) is 121 Å². The van der Waals surface area contributed by atoms with Crippen LogP contribution in [0.3, 0.4) is 0 Å². The first kappa shape index (κ1) is 45.1. The Morgan fingerprint density at radius 3 is 1.07 bits per heavy atom. The molecule has 9 aromatic carbocycles. The lowest BCUT2D eigenvalue weighted by Gasteiger charge is -2.19. The first-order chi connectivity index (χ1) is 36.6. The van der Waals surface area contributed by atoms with Crippen molar-refractivity contribution in [2.24, 2.45) is 0 Å². The van der Waals surface area contributed by atoms with Gasteiger partial charge in [-0.25, -0.2) is 0 Å². The maximum atomic E-state index is 9.85. The van der Waals surface area contributed by atoms with Crippen LogP contribution in [-0.2, 0) is 0 Å². The summed E-state index contributed by atoms with van der Waals surface area (Å²) in [5, 5.41) is 9.85. The van der Waals surface area contributed by atoms with Crippen molar-refractivity contribution in [3.63, 3.8) is 0 Å². The molecule has 0 amide bonds. The Morgan fingerprint density at radius 2 is 0.595 bits per heavy atom. The minimum Gasteiger partial charge on any atom is -0.256 e. The van der Waals surface area contributed by atoms with E-state index in [0.717, 1.165) is 123 Å². The highest BCUT2D eigenvalue weighted by molar-refractivity contribution is 5.97. The Morgan fingerprint density at radius 1 is 0.216 bits per heavy atom. The molecular weight excluding hydrogens is 897 g/mol. The van der Waals surface area contributed by atoms with E-state index in [2.05, 4.69) is 200 Å². The van der Waals surface area contributed by atoms with Crippen molar-refractivity contribution in [3.05, 3.63) is 285 Å². The number of hydrogen-bond donors (Lipinski definition) is 0. The highest BCUT2D eigenvalue weighted by atomic mass is 14.7. The van der Waals surface area contributed by atoms with E-state index in [4.69, 9.17) is 15.0 Å². The number of benzene rings is 9. The van der Waals surface area contributed by atoms with Crippen molar-refractivity contribution >= 4 is 0 Å². The van der Waals surface area contributed by atoms with Crippen molar-refractivity contribution in [2.45, 2.75) is 0 Å². The van der Waals surface area contributed by atoms with Gasteiger partial charge < -0.3 is 0 Å². The third kappa shape index (κ3) is 9.21. The van der Waals surface area contributed by atoms with Crippen LogP contribution in [0.15, 0.2) is 279 Å². The summed E-state index contributed by atoms with van der Waals surface area (Å²) in [5.74, 6) is 0. The van der Waals surface area contributed by atoms with Crippen LogP contribution in [0.4, 0.5) is 0 Å². The molecule has 12 rings (SSSR count). The van der Waals surface area contributed by atoms with Crippen molar-refractivity contribution < 1.29 is 0 Å². The van der Waals surface area contributed by atoms with E-state index in [1.54, 1.807) is 0 Å². The van der Waals surface area contributed by atoms with Gasteiger partial charge in [-0.15, -0.1) is 0 Å². The Kier molecular flexibility index (Phi) is 12.4. The molecule has 4 heteroatoms. The SMILES string of the molecule is N#Cc1cccc(-c2cc(-c3ccc(-c4ccccc4)cc3)c(-c3ccccc3-c3cc(-c4ccccc4-c4ccc(-c5ccccc5)nc4)cc(-c4ccccc4-c4ccc(-c5ccccc5)nc4)c3)cn2)c1. The van der Waals surface area contributed by atoms with Crippen molar-refractivity contribution in [1.29, 1.82) is 5.26 Å². The number of nitrogens with zero attached hydrogens (tertiary/aromatic N) is 4. The second-order valence-electron chi connectivity index (χ2n) is 18.3. The zero-order chi connectivity index (χ0) is 49.6. The summed E-state index contributed by atoms with van der Waals surface area (Å²) in [5.41, 5.74) is 23.4. The van der Waals surface area contributed by atoms with Crippen LogP contribution in [-0.4, -0.2) is 15.0 Å². The first-order valence-electron chi connectivity index (χ1n) is 24.8. The molecule has 4 nitrogen and oxygen atoms in total. The summed E-state index contributed by atoms with van der Waals surface area (Å²) in [4.78, 5) is 15.1. The first-order valence-corrected chi connectivity index (χ1v) is 24.8. The van der Waals surface area contributed by atoms with Gasteiger partial charge in [-0.2, -0.15) is 5.26 Å². The Hall–Kier alpha value is -10.1. The summed E-state index contributed by atoms with van der Waals surface area (Å²) in [6, 6.07) is 93.5. The van der Waals surface area contributed by atoms with Crippen LogP contribution in [0.2, 0.25) is 0 Å². The second kappa shape index (κ2) is 20.3. The number of aromatic nitrogens is 3. The lowest BCUT2D eigenvalue weighted by Crippen LogP contribution is -1.95. The van der Waals surface area contributed by atoms with Gasteiger partial charge in [0.25, 0.3) is 0 Å². The van der Waals surface area contributed by atoms with Crippen molar-refractivity contribution in [3.8, 4) is 129 Å². The fraction of sp³-hybridized carbons (Fsp3) is 0. The lowest BCUT2D eigenvalue weighted by atomic mass is 9.85. The molecule has 0 unspecified atom stereocenters. The van der Waals surface area contributed by atoms with E-state index in [1.807, 2.05) is 85.3 Å². The average Bonchev–Trinajstić information content (AvgIpc) is 3.50. The molecule has 0 radical (unpaired) electrons. The van der Waals surface area contributed by atoms with Crippen LogP contribution >= 0.6 is 0 Å². The smallest absolute Gasteiger partial charge is 0.0991 e. The Balaban J connectivity index is 1.04. The van der Waals surface area contributed by atoms with Crippen LogP contribution in [0.5, 0.6) is 0 Å². The van der Waals surface area contributed by atoms with Crippen LogP contribution < -0.4 is 0 Å². The van der Waals surface area contributed by atoms with Gasteiger partial charge in [0, 0.05) is 52.0 Å². The van der Waals surface area contributed by atoms with E-state index >= 15 is 0 Å². The predicted octanol–water partition coefficient (Wildman–Crippen LogP) is 18.1. The molecule has 0 aliphatic carbocycles. The normalized spacial score (nSPS) is 11.0. The number of hydrogen-bond acceptors (Lipinski definition) is 4. The Labute approximate surface area is 431 Å². The lowest BCUT2D eigenvalue weighted by molar-refractivity contribution is 1.32. The fourth-order valence-electron chi connectivity index (χ4n) is 9.99. The van der Waals surface area contributed by atoms with Gasteiger partial charge in [0.1, 0.15) is 0 Å². The zero-order valence-corrected chi connectivity index (χ0v) is 40.3. The molecule has 3 heterocycles. The molecule has 0 N–H and O–H groups in total. The molecule has 0 saturated heterocycles. The largest absolute Gasteiger partial charge is 0.256 e.